The van der Waals surface area contributed by atoms with Gasteiger partial charge in [-0.25, -0.2) is 4.79 Å². The minimum absolute atomic E-state index is 0.318. The van der Waals surface area contributed by atoms with Crippen LogP contribution in [0.2, 0.25) is 0 Å². The van der Waals surface area contributed by atoms with Gasteiger partial charge in [0.1, 0.15) is 6.61 Å². The maximum Gasteiger partial charge on any atom is 0.333 e. The number of hydrogen-bond acceptors (Lipinski definition) is 3. The minimum Gasteiger partial charge on any atom is -0.460 e. The predicted molar refractivity (Wildman–Crippen MR) is 85.1 cm³/mol. The molecular formula is C18H19NO2. The van der Waals surface area contributed by atoms with Gasteiger partial charge in [-0.2, -0.15) is 0 Å². The van der Waals surface area contributed by atoms with Gasteiger partial charge < -0.3 is 9.64 Å². The third-order valence-electron chi connectivity index (χ3n) is 3.94. The van der Waals surface area contributed by atoms with Crippen molar-refractivity contribution >= 4 is 17.2 Å². The first-order chi connectivity index (χ1) is 10.2. The van der Waals surface area contributed by atoms with E-state index in [9.17, 15) is 4.79 Å². The molecule has 0 saturated heterocycles. The molecule has 108 valence electrons. The van der Waals surface area contributed by atoms with Crippen molar-refractivity contribution in [1.29, 1.82) is 0 Å². The van der Waals surface area contributed by atoms with E-state index in [1.54, 1.807) is 6.92 Å². The lowest BCUT2D eigenvalue weighted by Gasteiger charge is -2.28. The summed E-state index contributed by atoms with van der Waals surface area (Å²) in [5.74, 6) is -0.318. The summed E-state index contributed by atoms with van der Waals surface area (Å²) in [5.41, 5.74) is 4.32. The lowest BCUT2D eigenvalue weighted by atomic mass is 9.96. The van der Waals surface area contributed by atoms with E-state index in [-0.39, 0.29) is 5.97 Å². The molecule has 0 N–H and O–H groups in total. The Morgan fingerprint density at radius 3 is 3.05 bits per heavy atom. The molecule has 0 saturated carbocycles. The molecule has 0 spiro atoms. The van der Waals surface area contributed by atoms with Gasteiger partial charge in [-0.1, -0.05) is 43.0 Å². The van der Waals surface area contributed by atoms with Crippen LogP contribution >= 0.6 is 0 Å². The number of carbonyl (C=O) groups is 1. The van der Waals surface area contributed by atoms with Crippen LogP contribution in [0.25, 0.3) is 5.57 Å². The van der Waals surface area contributed by atoms with Crippen molar-refractivity contribution in [1.82, 2.24) is 0 Å². The van der Waals surface area contributed by atoms with Crippen LogP contribution in [0.15, 0.2) is 54.6 Å². The van der Waals surface area contributed by atoms with Crippen molar-refractivity contribution in [2.45, 2.75) is 19.4 Å². The Balaban J connectivity index is 1.76. The Morgan fingerprint density at radius 1 is 1.43 bits per heavy atom. The first kappa shape index (κ1) is 13.7. The number of hydrogen-bond donors (Lipinski definition) is 0. The van der Waals surface area contributed by atoms with E-state index < -0.39 is 0 Å². The fourth-order valence-electron chi connectivity index (χ4n) is 2.95. The summed E-state index contributed by atoms with van der Waals surface area (Å²) in [5, 5.41) is 0. The smallest absolute Gasteiger partial charge is 0.333 e. The Labute approximate surface area is 125 Å². The SMILES string of the molecule is C=C(C)C(=O)OCCN1c2ccccc2C2=CC=CCC21. The number of rotatable bonds is 4. The highest BCUT2D eigenvalue weighted by atomic mass is 16.5. The van der Waals surface area contributed by atoms with Crippen LogP contribution in [0.4, 0.5) is 5.69 Å². The van der Waals surface area contributed by atoms with Gasteiger partial charge in [0.15, 0.2) is 0 Å². The second-order valence-corrected chi connectivity index (χ2v) is 5.43. The van der Waals surface area contributed by atoms with Gasteiger partial charge in [0, 0.05) is 16.8 Å². The Kier molecular flexibility index (Phi) is 3.65. The van der Waals surface area contributed by atoms with Crippen LogP contribution in [-0.2, 0) is 9.53 Å². The summed E-state index contributed by atoms with van der Waals surface area (Å²) < 4.78 is 5.24. The molecule has 0 amide bonds. The maximum atomic E-state index is 11.5. The first-order valence-corrected chi connectivity index (χ1v) is 7.24. The summed E-state index contributed by atoms with van der Waals surface area (Å²) in [7, 11) is 0. The quantitative estimate of drug-likeness (QED) is 0.626. The molecular weight excluding hydrogens is 262 g/mol. The van der Waals surface area contributed by atoms with E-state index >= 15 is 0 Å². The standard InChI is InChI=1S/C18H19NO2/c1-13(2)18(20)21-12-11-19-16-9-5-3-7-14(16)15-8-4-6-10-17(15)19/h3-9,17H,1,10-12H2,2H3. The zero-order chi connectivity index (χ0) is 14.8. The molecule has 1 atom stereocenters. The molecule has 0 aromatic heterocycles. The van der Waals surface area contributed by atoms with Gasteiger partial charge in [-0.3, -0.25) is 0 Å². The van der Waals surface area contributed by atoms with Gasteiger partial charge in [-0.05, 0) is 25.0 Å². The number of benzene rings is 1. The average molecular weight is 281 g/mol. The molecule has 1 aliphatic heterocycles. The largest absolute Gasteiger partial charge is 0.460 e. The molecule has 0 bridgehead atoms. The fraction of sp³-hybridized carbons (Fsp3) is 0.278. The van der Waals surface area contributed by atoms with Crippen molar-refractivity contribution in [2.24, 2.45) is 0 Å². The molecule has 2 aliphatic rings. The highest BCUT2D eigenvalue weighted by molar-refractivity contribution is 5.89. The number of allylic oxidation sites excluding steroid dienone is 2. The van der Waals surface area contributed by atoms with E-state index in [4.69, 9.17) is 4.74 Å². The van der Waals surface area contributed by atoms with Gasteiger partial charge >= 0.3 is 5.97 Å². The van der Waals surface area contributed by atoms with Crippen LogP contribution in [-0.4, -0.2) is 25.2 Å². The van der Waals surface area contributed by atoms with Gasteiger partial charge in [-0.15, -0.1) is 0 Å². The Morgan fingerprint density at radius 2 is 2.24 bits per heavy atom. The molecule has 3 rings (SSSR count). The zero-order valence-electron chi connectivity index (χ0n) is 12.2. The second-order valence-electron chi connectivity index (χ2n) is 5.43. The number of ether oxygens (including phenoxy) is 1. The molecule has 1 aliphatic carbocycles. The summed E-state index contributed by atoms with van der Waals surface area (Å²) in [4.78, 5) is 13.8. The zero-order valence-corrected chi connectivity index (χ0v) is 12.2. The number of nitrogens with zero attached hydrogens (tertiary/aromatic N) is 1. The van der Waals surface area contributed by atoms with E-state index in [1.807, 2.05) is 0 Å². The van der Waals surface area contributed by atoms with Gasteiger partial charge in [0.05, 0.1) is 12.6 Å². The van der Waals surface area contributed by atoms with Gasteiger partial charge in [0.25, 0.3) is 0 Å². The number of para-hydroxylation sites is 1. The van der Waals surface area contributed by atoms with Gasteiger partial charge in [0.2, 0.25) is 0 Å². The predicted octanol–water partition coefficient (Wildman–Crippen LogP) is 3.34. The molecule has 1 unspecified atom stereocenters. The lowest BCUT2D eigenvalue weighted by Crippen LogP contribution is -2.35. The van der Waals surface area contributed by atoms with Crippen LogP contribution in [0.5, 0.6) is 0 Å². The minimum atomic E-state index is -0.318. The maximum absolute atomic E-state index is 11.5. The summed E-state index contributed by atoms with van der Waals surface area (Å²) in [6.07, 6.45) is 7.49. The van der Waals surface area contributed by atoms with Crippen molar-refractivity contribution < 1.29 is 9.53 Å². The molecule has 3 heteroatoms. The molecule has 0 fully saturated rings. The van der Waals surface area contributed by atoms with E-state index in [0.29, 0.717) is 24.8 Å². The van der Waals surface area contributed by atoms with Crippen LogP contribution < -0.4 is 4.90 Å². The van der Waals surface area contributed by atoms with Crippen molar-refractivity contribution in [3.05, 3.63) is 60.2 Å². The van der Waals surface area contributed by atoms with Crippen molar-refractivity contribution in [3.63, 3.8) is 0 Å². The lowest BCUT2D eigenvalue weighted by molar-refractivity contribution is -0.138. The van der Waals surface area contributed by atoms with E-state index in [2.05, 4.69) is 54.0 Å². The third kappa shape index (κ3) is 2.51. The fourth-order valence-corrected chi connectivity index (χ4v) is 2.95. The summed E-state index contributed by atoms with van der Waals surface area (Å²) >= 11 is 0. The van der Waals surface area contributed by atoms with Crippen LogP contribution in [0.1, 0.15) is 18.9 Å². The van der Waals surface area contributed by atoms with Crippen molar-refractivity contribution in [3.8, 4) is 0 Å². The monoisotopic (exact) mass is 281 g/mol. The van der Waals surface area contributed by atoms with E-state index in [1.165, 1.54) is 16.8 Å². The topological polar surface area (TPSA) is 29.5 Å². The Hall–Kier alpha value is -2.29. The van der Waals surface area contributed by atoms with Crippen LogP contribution in [0, 0.1) is 0 Å². The Bertz CT molecular complexity index is 642. The molecule has 1 heterocycles. The highest BCUT2D eigenvalue weighted by Crippen LogP contribution is 2.42. The second kappa shape index (κ2) is 5.60. The molecule has 21 heavy (non-hydrogen) atoms. The molecule has 3 nitrogen and oxygen atoms in total. The third-order valence-corrected chi connectivity index (χ3v) is 3.94. The molecule has 1 aromatic rings. The number of anilines is 1. The van der Waals surface area contributed by atoms with Crippen molar-refractivity contribution in [2.75, 3.05) is 18.1 Å². The first-order valence-electron chi connectivity index (χ1n) is 7.24. The van der Waals surface area contributed by atoms with Crippen LogP contribution in [0.3, 0.4) is 0 Å². The number of esters is 1. The number of fused-ring (bicyclic) bond motifs is 3. The highest BCUT2D eigenvalue weighted by Gasteiger charge is 2.33. The summed E-state index contributed by atoms with van der Waals surface area (Å²) in [6.45, 7) is 6.35. The average Bonchev–Trinajstić information content (AvgIpc) is 2.82. The van der Waals surface area contributed by atoms with E-state index in [0.717, 1.165) is 6.42 Å². The molecule has 1 aromatic carbocycles. The summed E-state index contributed by atoms with van der Waals surface area (Å²) in [6, 6.07) is 8.77. The normalized spacial score (nSPS) is 18.8. The number of carbonyl (C=O) groups excluding carboxylic acids is 1. The molecule has 0 radical (unpaired) electrons.